The van der Waals surface area contributed by atoms with Gasteiger partial charge < -0.3 is 29.7 Å². The summed E-state index contributed by atoms with van der Waals surface area (Å²) >= 11 is 0. The number of esters is 1. The zero-order valence-corrected chi connectivity index (χ0v) is 15.4. The molecule has 0 spiro atoms. The Hall–Kier alpha value is -3.42. The number of nitrogens with one attached hydrogen (secondary N) is 1. The highest BCUT2D eigenvalue weighted by Crippen LogP contribution is 2.44. The Morgan fingerprint density at radius 2 is 1.93 bits per heavy atom. The standard InChI is InChI=1S/C19H20N2O6/c1-9-7-13-15(18(22)21-9)14(16(17(20)27-13)19(23)26-4)11-8-10(24-2)5-6-12(11)25-3/h5-8,14H,20H2,1-4H3,(H,21,22). The number of methoxy groups -OCH3 is 3. The molecule has 0 aliphatic carbocycles. The zero-order chi connectivity index (χ0) is 19.7. The summed E-state index contributed by atoms with van der Waals surface area (Å²) < 4.78 is 21.2. The largest absolute Gasteiger partial charge is 0.497 e. The van der Waals surface area contributed by atoms with Gasteiger partial charge in [-0.15, -0.1) is 0 Å². The second kappa shape index (κ2) is 7.06. The molecule has 8 heteroatoms. The summed E-state index contributed by atoms with van der Waals surface area (Å²) in [6, 6.07) is 6.75. The number of ether oxygens (including phenoxy) is 4. The van der Waals surface area contributed by atoms with Gasteiger partial charge >= 0.3 is 5.97 Å². The monoisotopic (exact) mass is 372 g/mol. The summed E-state index contributed by atoms with van der Waals surface area (Å²) in [6.07, 6.45) is 0. The predicted molar refractivity (Wildman–Crippen MR) is 97.0 cm³/mol. The van der Waals surface area contributed by atoms with Crippen molar-refractivity contribution in [3.05, 3.63) is 62.9 Å². The van der Waals surface area contributed by atoms with E-state index >= 15 is 0 Å². The molecule has 2 aromatic rings. The van der Waals surface area contributed by atoms with Gasteiger partial charge in [-0.05, 0) is 25.1 Å². The molecule has 3 N–H and O–H groups in total. The molecular weight excluding hydrogens is 352 g/mol. The molecule has 27 heavy (non-hydrogen) atoms. The van der Waals surface area contributed by atoms with Gasteiger partial charge in [0.2, 0.25) is 5.88 Å². The van der Waals surface area contributed by atoms with Crippen LogP contribution in [0.5, 0.6) is 17.2 Å². The van der Waals surface area contributed by atoms with Gasteiger partial charge in [0.15, 0.2) is 0 Å². The van der Waals surface area contributed by atoms with Gasteiger partial charge in [-0.2, -0.15) is 0 Å². The van der Waals surface area contributed by atoms with E-state index in [-0.39, 0.29) is 22.8 Å². The summed E-state index contributed by atoms with van der Waals surface area (Å²) in [7, 11) is 4.25. The minimum absolute atomic E-state index is 0.0194. The Morgan fingerprint density at radius 3 is 2.56 bits per heavy atom. The van der Waals surface area contributed by atoms with Crippen molar-refractivity contribution in [1.82, 2.24) is 4.98 Å². The number of fused-ring (bicyclic) bond motifs is 1. The highest BCUT2D eigenvalue weighted by atomic mass is 16.5. The summed E-state index contributed by atoms with van der Waals surface area (Å²) in [4.78, 5) is 28.0. The van der Waals surface area contributed by atoms with Crippen LogP contribution in [0.2, 0.25) is 0 Å². The fraction of sp³-hybridized carbons (Fsp3) is 0.263. The molecule has 0 saturated heterocycles. The molecule has 3 rings (SSSR count). The van der Waals surface area contributed by atoms with Crippen molar-refractivity contribution in [2.75, 3.05) is 21.3 Å². The van der Waals surface area contributed by atoms with Crippen LogP contribution in [-0.2, 0) is 9.53 Å². The molecule has 8 nitrogen and oxygen atoms in total. The Labute approximate surface area is 155 Å². The third-order valence-electron chi connectivity index (χ3n) is 4.38. The average molecular weight is 372 g/mol. The number of rotatable bonds is 4. The molecule has 0 amide bonds. The van der Waals surface area contributed by atoms with E-state index < -0.39 is 17.4 Å². The first kappa shape index (κ1) is 18.4. The van der Waals surface area contributed by atoms with Gasteiger partial charge in [0.05, 0.1) is 32.8 Å². The molecule has 142 valence electrons. The lowest BCUT2D eigenvalue weighted by Crippen LogP contribution is -2.32. The smallest absolute Gasteiger partial charge is 0.340 e. The Kier molecular flexibility index (Phi) is 4.81. The predicted octanol–water partition coefficient (Wildman–Crippen LogP) is 1.57. The third-order valence-corrected chi connectivity index (χ3v) is 4.38. The van der Waals surface area contributed by atoms with Gasteiger partial charge in [0.25, 0.3) is 5.56 Å². The zero-order valence-electron chi connectivity index (χ0n) is 15.4. The number of H-pyrrole nitrogens is 1. The normalized spacial score (nSPS) is 15.6. The van der Waals surface area contributed by atoms with Gasteiger partial charge in [0, 0.05) is 17.3 Å². The lowest BCUT2D eigenvalue weighted by Gasteiger charge is -2.28. The molecule has 1 unspecified atom stereocenters. The van der Waals surface area contributed by atoms with Crippen LogP contribution in [0, 0.1) is 6.92 Å². The highest BCUT2D eigenvalue weighted by molar-refractivity contribution is 5.92. The van der Waals surface area contributed by atoms with Crippen molar-refractivity contribution in [3.63, 3.8) is 0 Å². The van der Waals surface area contributed by atoms with Crippen LogP contribution >= 0.6 is 0 Å². The van der Waals surface area contributed by atoms with Crippen molar-refractivity contribution in [2.45, 2.75) is 12.8 Å². The minimum atomic E-state index is -0.851. The average Bonchev–Trinajstić information content (AvgIpc) is 2.65. The van der Waals surface area contributed by atoms with E-state index in [1.165, 1.54) is 21.3 Å². The van der Waals surface area contributed by atoms with E-state index in [0.29, 0.717) is 22.8 Å². The molecule has 0 radical (unpaired) electrons. The van der Waals surface area contributed by atoms with E-state index in [4.69, 9.17) is 24.7 Å². The number of carbonyl (C=O) groups excluding carboxylic acids is 1. The van der Waals surface area contributed by atoms with Crippen molar-refractivity contribution in [1.29, 1.82) is 0 Å². The molecule has 0 fully saturated rings. The van der Waals surface area contributed by atoms with Gasteiger partial charge in [-0.3, -0.25) is 4.79 Å². The Bertz CT molecular complexity index is 992. The number of hydrogen-bond donors (Lipinski definition) is 2. The lowest BCUT2D eigenvalue weighted by molar-refractivity contribution is -0.136. The SMILES string of the molecule is COC(=O)C1=C(N)Oc2cc(C)[nH]c(=O)c2C1c1cc(OC)ccc1OC. The fourth-order valence-corrected chi connectivity index (χ4v) is 3.19. The number of benzene rings is 1. The molecule has 2 heterocycles. The van der Waals surface area contributed by atoms with Crippen molar-refractivity contribution in [2.24, 2.45) is 5.73 Å². The van der Waals surface area contributed by atoms with Crippen LogP contribution in [-0.4, -0.2) is 32.3 Å². The van der Waals surface area contributed by atoms with E-state index in [1.807, 2.05) is 0 Å². The Balaban J connectivity index is 2.37. The van der Waals surface area contributed by atoms with Crippen LogP contribution in [0.3, 0.4) is 0 Å². The van der Waals surface area contributed by atoms with E-state index in [9.17, 15) is 9.59 Å². The molecule has 1 aliphatic heterocycles. The summed E-state index contributed by atoms with van der Waals surface area (Å²) in [5.41, 5.74) is 7.02. The molecule has 1 aromatic heterocycles. The number of pyridine rings is 1. The van der Waals surface area contributed by atoms with Crippen molar-refractivity contribution in [3.8, 4) is 17.2 Å². The first-order chi connectivity index (χ1) is 12.9. The van der Waals surface area contributed by atoms with E-state index in [1.54, 1.807) is 31.2 Å². The number of aromatic amines is 1. The molecule has 1 aliphatic rings. The van der Waals surface area contributed by atoms with Crippen LogP contribution < -0.4 is 25.5 Å². The molecular formula is C19H20N2O6. The summed E-state index contributed by atoms with van der Waals surface area (Å²) in [5, 5.41) is 0. The third kappa shape index (κ3) is 3.10. The maximum Gasteiger partial charge on any atom is 0.340 e. The number of carbonyl (C=O) groups is 1. The highest BCUT2D eigenvalue weighted by Gasteiger charge is 2.39. The summed E-state index contributed by atoms with van der Waals surface area (Å²) in [5.74, 6) is -0.415. The van der Waals surface area contributed by atoms with Crippen molar-refractivity contribution < 1.29 is 23.7 Å². The maximum atomic E-state index is 12.8. The number of aryl methyl sites for hydroxylation is 1. The van der Waals surface area contributed by atoms with Crippen molar-refractivity contribution >= 4 is 5.97 Å². The maximum absolute atomic E-state index is 12.8. The second-order valence-electron chi connectivity index (χ2n) is 5.97. The molecule has 1 aromatic carbocycles. The first-order valence-electron chi connectivity index (χ1n) is 8.12. The molecule has 0 saturated carbocycles. The van der Waals surface area contributed by atoms with Crippen LogP contribution in [0.15, 0.2) is 40.5 Å². The van der Waals surface area contributed by atoms with Crippen LogP contribution in [0.1, 0.15) is 22.7 Å². The number of nitrogens with two attached hydrogens (primary N) is 1. The topological polar surface area (TPSA) is 113 Å². The van der Waals surface area contributed by atoms with E-state index in [2.05, 4.69) is 4.98 Å². The molecule has 1 atom stereocenters. The van der Waals surface area contributed by atoms with Gasteiger partial charge in [-0.25, -0.2) is 4.79 Å². The Morgan fingerprint density at radius 1 is 1.19 bits per heavy atom. The number of aromatic nitrogens is 1. The van der Waals surface area contributed by atoms with E-state index in [0.717, 1.165) is 0 Å². The summed E-state index contributed by atoms with van der Waals surface area (Å²) in [6.45, 7) is 1.72. The number of hydrogen-bond acceptors (Lipinski definition) is 7. The van der Waals surface area contributed by atoms with Gasteiger partial charge in [-0.1, -0.05) is 0 Å². The second-order valence-corrected chi connectivity index (χ2v) is 5.97. The lowest BCUT2D eigenvalue weighted by atomic mass is 9.83. The minimum Gasteiger partial charge on any atom is -0.497 e. The first-order valence-corrected chi connectivity index (χ1v) is 8.12. The van der Waals surface area contributed by atoms with Crippen LogP contribution in [0.4, 0.5) is 0 Å². The van der Waals surface area contributed by atoms with Crippen LogP contribution in [0.25, 0.3) is 0 Å². The quantitative estimate of drug-likeness (QED) is 0.783. The molecule has 0 bridgehead atoms. The van der Waals surface area contributed by atoms with Gasteiger partial charge in [0.1, 0.15) is 22.8 Å². The fourth-order valence-electron chi connectivity index (χ4n) is 3.19.